The maximum Gasteiger partial charge on any atom is 0.264 e. The Labute approximate surface area is 265 Å². The minimum atomic E-state index is -3.94. The van der Waals surface area contributed by atoms with Gasteiger partial charge in [0.25, 0.3) is 5.91 Å². The van der Waals surface area contributed by atoms with Gasteiger partial charge in [-0.2, -0.15) is 0 Å². The van der Waals surface area contributed by atoms with Gasteiger partial charge in [-0.25, -0.2) is 13.1 Å². The molecule has 6 atom stereocenters. The van der Waals surface area contributed by atoms with Crippen molar-refractivity contribution in [3.63, 3.8) is 0 Å². The van der Waals surface area contributed by atoms with Crippen LogP contribution in [0.4, 0.5) is 5.69 Å². The number of nitrogens with one attached hydrogen (secondary N) is 1. The first-order valence-electron chi connectivity index (χ1n) is 15.9. The van der Waals surface area contributed by atoms with Crippen molar-refractivity contribution in [2.24, 2.45) is 17.8 Å². The second-order valence-electron chi connectivity index (χ2n) is 13.3. The molecule has 1 amide bonds. The number of ether oxygens (including phenoxy) is 3. The number of methoxy groups -OCH3 is 1. The van der Waals surface area contributed by atoms with Crippen molar-refractivity contribution in [2.75, 3.05) is 44.9 Å². The van der Waals surface area contributed by atoms with Crippen LogP contribution >= 0.6 is 11.6 Å². The molecule has 0 radical (unpaired) electrons. The highest BCUT2D eigenvalue weighted by atomic mass is 35.5. The van der Waals surface area contributed by atoms with Gasteiger partial charge in [0.2, 0.25) is 10.0 Å². The molecule has 236 valence electrons. The number of benzene rings is 2. The highest BCUT2D eigenvalue weighted by molar-refractivity contribution is 7.90. The molecule has 1 saturated heterocycles. The number of anilines is 1. The largest absolute Gasteiger partial charge is 0.490 e. The lowest BCUT2D eigenvalue weighted by molar-refractivity contribution is 0.0129. The van der Waals surface area contributed by atoms with E-state index in [1.54, 1.807) is 13.2 Å². The fourth-order valence-corrected chi connectivity index (χ4v) is 10.1. The summed E-state index contributed by atoms with van der Waals surface area (Å²) in [5.41, 5.74) is 3.46. The molecule has 1 spiro atoms. The Morgan fingerprint density at radius 2 is 2.00 bits per heavy atom. The van der Waals surface area contributed by atoms with Crippen LogP contribution in [0, 0.1) is 17.8 Å². The molecule has 3 heterocycles. The highest BCUT2D eigenvalue weighted by Crippen LogP contribution is 2.47. The lowest BCUT2D eigenvalue weighted by Crippen LogP contribution is -2.49. The number of hydrogen-bond donors (Lipinski definition) is 1. The van der Waals surface area contributed by atoms with Crippen molar-refractivity contribution in [3.8, 4) is 5.75 Å². The number of rotatable bonds is 1. The molecule has 0 aromatic heterocycles. The van der Waals surface area contributed by atoms with Crippen molar-refractivity contribution in [3.05, 3.63) is 70.3 Å². The van der Waals surface area contributed by atoms with Gasteiger partial charge in [-0.15, -0.1) is 0 Å². The van der Waals surface area contributed by atoms with Gasteiger partial charge >= 0.3 is 0 Å². The summed E-state index contributed by atoms with van der Waals surface area (Å²) in [7, 11) is -2.18. The number of nitrogens with zero attached hydrogens (tertiary/aromatic N) is 1. The fraction of sp³-hybridized carbons (Fsp3) is 0.559. The zero-order chi connectivity index (χ0) is 30.5. The zero-order valence-electron chi connectivity index (χ0n) is 25.2. The molecule has 10 heteroatoms. The van der Waals surface area contributed by atoms with E-state index in [0.29, 0.717) is 55.8 Å². The number of halogens is 1. The Hall–Kier alpha value is -2.59. The second kappa shape index (κ2) is 12.0. The van der Waals surface area contributed by atoms with Crippen LogP contribution in [-0.4, -0.2) is 65.7 Å². The fourth-order valence-electron chi connectivity index (χ4n) is 8.25. The summed E-state index contributed by atoms with van der Waals surface area (Å²) in [6.45, 7) is 2.75. The predicted octanol–water partition coefficient (Wildman–Crippen LogP) is 5.28. The van der Waals surface area contributed by atoms with Crippen molar-refractivity contribution in [1.29, 1.82) is 0 Å². The maximum atomic E-state index is 13.6. The van der Waals surface area contributed by atoms with Crippen LogP contribution in [0.5, 0.6) is 5.75 Å². The molecule has 2 aromatic carbocycles. The van der Waals surface area contributed by atoms with E-state index in [2.05, 4.69) is 33.9 Å². The predicted molar refractivity (Wildman–Crippen MR) is 170 cm³/mol. The Bertz CT molecular complexity index is 1560. The van der Waals surface area contributed by atoms with Gasteiger partial charge in [0.15, 0.2) is 0 Å². The summed E-state index contributed by atoms with van der Waals surface area (Å²) < 4.78 is 47.8. The third kappa shape index (κ3) is 5.54. The summed E-state index contributed by atoms with van der Waals surface area (Å²) in [4.78, 5) is 15.9. The summed E-state index contributed by atoms with van der Waals surface area (Å²) >= 11 is 6.42. The van der Waals surface area contributed by atoms with Gasteiger partial charge in [0.1, 0.15) is 5.75 Å². The van der Waals surface area contributed by atoms with E-state index in [4.69, 9.17) is 25.8 Å². The van der Waals surface area contributed by atoms with Gasteiger partial charge in [-0.05, 0) is 98.2 Å². The molecule has 1 N–H and O–H groups in total. The Kier molecular flexibility index (Phi) is 8.18. The van der Waals surface area contributed by atoms with Crippen LogP contribution in [0.2, 0.25) is 5.02 Å². The molecule has 5 aliphatic rings. The normalized spacial score (nSPS) is 33.8. The van der Waals surface area contributed by atoms with Crippen LogP contribution in [0.25, 0.3) is 0 Å². The quantitative estimate of drug-likeness (QED) is 0.424. The summed E-state index contributed by atoms with van der Waals surface area (Å²) in [5.74, 6) is 0.606. The van der Waals surface area contributed by atoms with Crippen molar-refractivity contribution >= 4 is 33.2 Å². The molecule has 1 unspecified atom stereocenters. The Morgan fingerprint density at radius 1 is 1.11 bits per heavy atom. The van der Waals surface area contributed by atoms with E-state index in [0.717, 1.165) is 55.9 Å². The first-order chi connectivity index (χ1) is 21.3. The molecule has 2 aromatic rings. The molecule has 8 nitrogen and oxygen atoms in total. The van der Waals surface area contributed by atoms with Crippen LogP contribution in [0.15, 0.2) is 48.6 Å². The van der Waals surface area contributed by atoms with E-state index in [1.807, 2.05) is 18.2 Å². The maximum absolute atomic E-state index is 13.6. The van der Waals surface area contributed by atoms with E-state index in [-0.39, 0.29) is 17.4 Å². The lowest BCUT2D eigenvalue weighted by Gasteiger charge is -2.46. The molecule has 7 rings (SSSR count). The monoisotopic (exact) mass is 640 g/mol. The topological polar surface area (TPSA) is 94.2 Å². The van der Waals surface area contributed by atoms with E-state index in [9.17, 15) is 13.2 Å². The van der Waals surface area contributed by atoms with Crippen LogP contribution in [-0.2, 0) is 31.3 Å². The lowest BCUT2D eigenvalue weighted by atomic mass is 9.68. The average molecular weight is 641 g/mol. The average Bonchev–Trinajstić information content (AvgIpc) is 3.15. The van der Waals surface area contributed by atoms with Gasteiger partial charge in [0.05, 0.1) is 30.3 Å². The molecule has 2 bridgehead atoms. The number of amides is 1. The van der Waals surface area contributed by atoms with Crippen LogP contribution in [0.1, 0.15) is 60.0 Å². The molecule has 3 aliphatic heterocycles. The molecule has 2 aliphatic carbocycles. The van der Waals surface area contributed by atoms with E-state index >= 15 is 0 Å². The molecule has 1 saturated carbocycles. The number of carbonyl (C=O) groups is 1. The van der Waals surface area contributed by atoms with Crippen molar-refractivity contribution in [2.45, 2.75) is 61.7 Å². The van der Waals surface area contributed by atoms with E-state index in [1.165, 1.54) is 11.1 Å². The van der Waals surface area contributed by atoms with Gasteiger partial charge < -0.3 is 19.1 Å². The second-order valence-corrected chi connectivity index (χ2v) is 15.6. The minimum absolute atomic E-state index is 0.0542. The first kappa shape index (κ1) is 30.1. The molecule has 2 fully saturated rings. The summed E-state index contributed by atoms with van der Waals surface area (Å²) in [5, 5.41) is 0.0351. The molecule has 44 heavy (non-hydrogen) atoms. The number of fused-ring (bicyclic) bond motifs is 5. The Morgan fingerprint density at radius 3 is 2.82 bits per heavy atom. The van der Waals surface area contributed by atoms with Gasteiger partial charge in [-0.3, -0.25) is 4.79 Å². The highest BCUT2D eigenvalue weighted by Gasteiger charge is 2.45. The van der Waals surface area contributed by atoms with Crippen molar-refractivity contribution in [1.82, 2.24) is 4.72 Å². The first-order valence-corrected chi connectivity index (χ1v) is 17.8. The van der Waals surface area contributed by atoms with Gasteiger partial charge in [0, 0.05) is 48.7 Å². The smallest absolute Gasteiger partial charge is 0.264 e. The van der Waals surface area contributed by atoms with Crippen molar-refractivity contribution < 1.29 is 27.4 Å². The number of aryl methyl sites for hydroxylation is 1. The third-order valence-electron chi connectivity index (χ3n) is 10.7. The standard InChI is InChI=1S/C34H41ClN2O6S/c1-41-30-6-2-4-25-19-42-15-13-32(25)44(39,40)36-33(38)23-8-12-31-29(17-23)37(18-24-7-10-27(24)30)20-34(21-43-31)14-3-5-22-16-26(35)9-11-28(22)34/h2,6,8-9,11-12,16-17,24-25,27,30,32H,3-5,7,10,13-15,18-21H2,1H3,(H,36,38)/b6-2+/t24-,25?,27+,30-,32+,34-/m0/s1. The third-order valence-corrected chi connectivity index (χ3v) is 12.9. The van der Waals surface area contributed by atoms with Crippen LogP contribution in [0.3, 0.4) is 0 Å². The summed E-state index contributed by atoms with van der Waals surface area (Å²) in [6.07, 6.45) is 10.2. The minimum Gasteiger partial charge on any atom is -0.490 e. The Balaban J connectivity index is 1.30. The number of sulfonamides is 1. The van der Waals surface area contributed by atoms with Gasteiger partial charge in [-0.1, -0.05) is 29.8 Å². The van der Waals surface area contributed by atoms with E-state index < -0.39 is 21.2 Å². The molecular weight excluding hydrogens is 600 g/mol. The number of allylic oxidation sites excluding steroid dienone is 1. The SMILES string of the molecule is CO[C@H]1/C=C/CC2COCC[C@H]2S(=O)(=O)NC(=O)c2ccc3c(c2)N(C[C@@H]2CC[C@H]21)C[C@@]1(CCCc2cc(Cl)ccc21)CO3. The zero-order valence-corrected chi connectivity index (χ0v) is 26.7. The molecular formula is C34H41ClN2O6S. The summed E-state index contributed by atoms with van der Waals surface area (Å²) in [6, 6.07) is 11.6. The number of carbonyl (C=O) groups excluding carboxylic acids is 1. The van der Waals surface area contributed by atoms with Crippen LogP contribution < -0.4 is 14.4 Å². The number of hydrogen-bond acceptors (Lipinski definition) is 7.